The van der Waals surface area contributed by atoms with Crippen LogP contribution < -0.4 is 4.74 Å². The second-order valence-electron chi connectivity index (χ2n) is 5.95. The standard InChI is InChI=1S/C17H27N3O/c1-15(2)14-20(10-9-19(3)4)11-12-21-17-8-6-5-7-16(17)13-18/h5-8,15H,9-12,14H2,1-4H3. The first kappa shape index (κ1) is 17.5. The number of nitrogens with zero attached hydrogens (tertiary/aromatic N) is 3. The van der Waals surface area contributed by atoms with Crippen LogP contribution >= 0.6 is 0 Å². The fourth-order valence-electron chi connectivity index (χ4n) is 2.12. The van der Waals surface area contributed by atoms with Crippen molar-refractivity contribution in [2.45, 2.75) is 13.8 Å². The van der Waals surface area contributed by atoms with Crippen LogP contribution in [0.3, 0.4) is 0 Å². The molecule has 0 atom stereocenters. The monoisotopic (exact) mass is 289 g/mol. The lowest BCUT2D eigenvalue weighted by atomic mass is 10.2. The van der Waals surface area contributed by atoms with Crippen LogP contribution in [0.5, 0.6) is 5.75 Å². The summed E-state index contributed by atoms with van der Waals surface area (Å²) in [5.74, 6) is 1.32. The number of hydrogen-bond acceptors (Lipinski definition) is 4. The minimum atomic E-state index is 0.598. The zero-order valence-corrected chi connectivity index (χ0v) is 13.7. The molecule has 0 aliphatic rings. The van der Waals surface area contributed by atoms with Crippen molar-refractivity contribution in [3.8, 4) is 11.8 Å². The molecule has 0 saturated carbocycles. The Morgan fingerprint density at radius 1 is 1.14 bits per heavy atom. The van der Waals surface area contributed by atoms with E-state index in [2.05, 4.69) is 43.8 Å². The van der Waals surface area contributed by atoms with Crippen molar-refractivity contribution in [3.05, 3.63) is 29.8 Å². The molecule has 0 aliphatic carbocycles. The van der Waals surface area contributed by atoms with Crippen molar-refractivity contribution in [3.63, 3.8) is 0 Å². The van der Waals surface area contributed by atoms with E-state index in [1.165, 1.54) is 0 Å². The molecule has 21 heavy (non-hydrogen) atoms. The highest BCUT2D eigenvalue weighted by Gasteiger charge is 2.09. The Bertz CT molecular complexity index is 452. The first-order valence-corrected chi connectivity index (χ1v) is 7.52. The minimum Gasteiger partial charge on any atom is -0.491 e. The number of rotatable bonds is 9. The van der Waals surface area contributed by atoms with E-state index >= 15 is 0 Å². The molecule has 0 aromatic heterocycles. The van der Waals surface area contributed by atoms with Crippen molar-refractivity contribution in [2.24, 2.45) is 5.92 Å². The molecule has 0 saturated heterocycles. The summed E-state index contributed by atoms with van der Waals surface area (Å²) in [6.45, 7) is 9.10. The molecule has 0 heterocycles. The van der Waals surface area contributed by atoms with Crippen LogP contribution in [0.15, 0.2) is 24.3 Å². The van der Waals surface area contributed by atoms with Crippen LogP contribution in [0.4, 0.5) is 0 Å². The van der Waals surface area contributed by atoms with Gasteiger partial charge in [-0.15, -0.1) is 0 Å². The van der Waals surface area contributed by atoms with Gasteiger partial charge in [-0.05, 0) is 32.1 Å². The summed E-state index contributed by atoms with van der Waals surface area (Å²) in [6, 6.07) is 9.55. The lowest BCUT2D eigenvalue weighted by molar-refractivity contribution is 0.179. The zero-order valence-electron chi connectivity index (χ0n) is 13.7. The quantitative estimate of drug-likeness (QED) is 0.700. The van der Waals surface area contributed by atoms with E-state index < -0.39 is 0 Å². The number of hydrogen-bond donors (Lipinski definition) is 0. The van der Waals surface area contributed by atoms with Crippen molar-refractivity contribution < 1.29 is 4.74 Å². The maximum absolute atomic E-state index is 9.05. The van der Waals surface area contributed by atoms with Crippen molar-refractivity contribution in [1.82, 2.24) is 9.80 Å². The molecule has 1 rings (SSSR count). The topological polar surface area (TPSA) is 39.5 Å². The van der Waals surface area contributed by atoms with Gasteiger partial charge in [0.15, 0.2) is 0 Å². The summed E-state index contributed by atoms with van der Waals surface area (Å²) in [7, 11) is 4.18. The van der Waals surface area contributed by atoms with E-state index in [1.807, 2.05) is 18.2 Å². The van der Waals surface area contributed by atoms with Gasteiger partial charge in [-0.1, -0.05) is 26.0 Å². The number of likely N-dealkylation sites (N-methyl/N-ethyl adjacent to an activating group) is 1. The molecule has 0 N–H and O–H groups in total. The molecule has 0 bridgehead atoms. The molecule has 0 amide bonds. The van der Waals surface area contributed by atoms with Crippen LogP contribution in [0.25, 0.3) is 0 Å². The van der Waals surface area contributed by atoms with E-state index in [-0.39, 0.29) is 0 Å². The van der Waals surface area contributed by atoms with Crippen LogP contribution in [-0.4, -0.2) is 56.7 Å². The molecular weight excluding hydrogens is 262 g/mol. The normalized spacial score (nSPS) is 11.1. The van der Waals surface area contributed by atoms with E-state index in [9.17, 15) is 0 Å². The van der Waals surface area contributed by atoms with Crippen LogP contribution in [-0.2, 0) is 0 Å². The number of benzene rings is 1. The minimum absolute atomic E-state index is 0.598. The van der Waals surface area contributed by atoms with Gasteiger partial charge in [0.05, 0.1) is 5.56 Å². The molecule has 0 unspecified atom stereocenters. The second-order valence-corrected chi connectivity index (χ2v) is 5.95. The van der Waals surface area contributed by atoms with Gasteiger partial charge >= 0.3 is 0 Å². The van der Waals surface area contributed by atoms with E-state index in [4.69, 9.17) is 10.00 Å². The largest absolute Gasteiger partial charge is 0.491 e. The predicted molar refractivity (Wildman–Crippen MR) is 86.5 cm³/mol. The molecular formula is C17H27N3O. The van der Waals surface area contributed by atoms with E-state index in [0.717, 1.165) is 26.2 Å². The average Bonchev–Trinajstić information content (AvgIpc) is 2.44. The first-order valence-electron chi connectivity index (χ1n) is 7.52. The van der Waals surface area contributed by atoms with Gasteiger partial charge < -0.3 is 9.64 Å². The second kappa shape index (κ2) is 9.38. The Morgan fingerprint density at radius 3 is 2.48 bits per heavy atom. The molecule has 4 heteroatoms. The van der Waals surface area contributed by atoms with Crippen LogP contribution in [0, 0.1) is 17.2 Å². The molecule has 0 aliphatic heterocycles. The summed E-state index contributed by atoms with van der Waals surface area (Å²) in [5, 5.41) is 9.05. The van der Waals surface area contributed by atoms with Crippen molar-refractivity contribution in [1.29, 1.82) is 5.26 Å². The lowest BCUT2D eigenvalue weighted by Crippen LogP contribution is -2.37. The average molecular weight is 289 g/mol. The Labute approximate surface area is 128 Å². The number of para-hydroxylation sites is 1. The molecule has 0 spiro atoms. The highest BCUT2D eigenvalue weighted by molar-refractivity contribution is 5.42. The van der Waals surface area contributed by atoms with Gasteiger partial charge in [0.1, 0.15) is 18.4 Å². The maximum atomic E-state index is 9.05. The fraction of sp³-hybridized carbons (Fsp3) is 0.588. The molecule has 0 radical (unpaired) electrons. The third-order valence-corrected chi connectivity index (χ3v) is 3.16. The van der Waals surface area contributed by atoms with Crippen LogP contribution in [0.2, 0.25) is 0 Å². The smallest absolute Gasteiger partial charge is 0.137 e. The van der Waals surface area contributed by atoms with Gasteiger partial charge in [0, 0.05) is 26.2 Å². The third kappa shape index (κ3) is 7.12. The summed E-state index contributed by atoms with van der Waals surface area (Å²) in [5.41, 5.74) is 0.598. The Hall–Kier alpha value is -1.57. The zero-order chi connectivity index (χ0) is 15.7. The number of ether oxygens (including phenoxy) is 1. The summed E-state index contributed by atoms with van der Waals surface area (Å²) < 4.78 is 5.77. The molecule has 1 aromatic carbocycles. The fourth-order valence-corrected chi connectivity index (χ4v) is 2.12. The molecule has 116 valence electrons. The highest BCUT2D eigenvalue weighted by atomic mass is 16.5. The van der Waals surface area contributed by atoms with Gasteiger partial charge in [-0.3, -0.25) is 4.90 Å². The van der Waals surface area contributed by atoms with Crippen molar-refractivity contribution >= 4 is 0 Å². The molecule has 4 nitrogen and oxygen atoms in total. The Morgan fingerprint density at radius 2 is 1.86 bits per heavy atom. The van der Waals surface area contributed by atoms with Gasteiger partial charge in [-0.2, -0.15) is 5.26 Å². The Kier molecular flexibility index (Phi) is 7.81. The van der Waals surface area contributed by atoms with E-state index in [1.54, 1.807) is 6.07 Å². The Balaban J connectivity index is 2.47. The summed E-state index contributed by atoms with van der Waals surface area (Å²) >= 11 is 0. The first-order chi connectivity index (χ1) is 10.0. The molecule has 0 fully saturated rings. The van der Waals surface area contributed by atoms with E-state index in [0.29, 0.717) is 23.8 Å². The maximum Gasteiger partial charge on any atom is 0.137 e. The third-order valence-electron chi connectivity index (χ3n) is 3.16. The van der Waals surface area contributed by atoms with Gasteiger partial charge in [0.25, 0.3) is 0 Å². The highest BCUT2D eigenvalue weighted by Crippen LogP contribution is 2.16. The predicted octanol–water partition coefficient (Wildman–Crippen LogP) is 2.46. The number of nitriles is 1. The SMILES string of the molecule is CC(C)CN(CCOc1ccccc1C#N)CCN(C)C. The summed E-state index contributed by atoms with van der Waals surface area (Å²) in [4.78, 5) is 4.61. The van der Waals surface area contributed by atoms with Crippen LogP contribution in [0.1, 0.15) is 19.4 Å². The summed E-state index contributed by atoms with van der Waals surface area (Å²) in [6.07, 6.45) is 0. The lowest BCUT2D eigenvalue weighted by Gasteiger charge is -2.25. The van der Waals surface area contributed by atoms with Crippen molar-refractivity contribution in [2.75, 3.05) is 46.9 Å². The van der Waals surface area contributed by atoms with Gasteiger partial charge in [0.2, 0.25) is 0 Å². The molecule has 1 aromatic rings. The van der Waals surface area contributed by atoms with Gasteiger partial charge in [-0.25, -0.2) is 0 Å².